The van der Waals surface area contributed by atoms with E-state index in [1.165, 1.54) is 24.3 Å². The molecule has 4 aromatic rings. The summed E-state index contributed by atoms with van der Waals surface area (Å²) >= 11 is 0. The van der Waals surface area contributed by atoms with Crippen LogP contribution in [-0.2, 0) is 19.1 Å². The van der Waals surface area contributed by atoms with Crippen LogP contribution in [0.1, 0.15) is 43.0 Å². The maximum Gasteiger partial charge on any atom is 0.416 e. The summed E-state index contributed by atoms with van der Waals surface area (Å²) in [5, 5.41) is 23.8. The summed E-state index contributed by atoms with van der Waals surface area (Å²) in [6.07, 6.45) is -4.05. The van der Waals surface area contributed by atoms with Gasteiger partial charge < -0.3 is 15.5 Å². The maximum absolute atomic E-state index is 12.7. The van der Waals surface area contributed by atoms with Crippen LogP contribution in [0, 0.1) is 0 Å². The normalized spacial score (nSPS) is 11.4. The highest BCUT2D eigenvalue weighted by molar-refractivity contribution is 6.00. The van der Waals surface area contributed by atoms with Gasteiger partial charge in [0.15, 0.2) is 0 Å². The van der Waals surface area contributed by atoms with Gasteiger partial charge >= 0.3 is 12.1 Å². The van der Waals surface area contributed by atoms with Gasteiger partial charge in [-0.2, -0.15) is 13.2 Å². The summed E-state index contributed by atoms with van der Waals surface area (Å²) in [5.74, 6) is -1.43. The van der Waals surface area contributed by atoms with Crippen molar-refractivity contribution >= 4 is 22.6 Å². The molecule has 0 aliphatic carbocycles. The number of alkyl halides is 3. The Kier molecular flexibility index (Phi) is 6.46. The zero-order valence-electron chi connectivity index (χ0n) is 18.3. The average molecular weight is 479 g/mol. The minimum absolute atomic E-state index is 0.0159. The molecule has 0 radical (unpaired) electrons. The van der Waals surface area contributed by atoms with Gasteiger partial charge in [0.1, 0.15) is 5.75 Å². The van der Waals surface area contributed by atoms with Crippen molar-refractivity contribution in [2.24, 2.45) is 0 Å². The third kappa shape index (κ3) is 5.43. The number of carboxylic acids is 1. The first-order valence-electron chi connectivity index (χ1n) is 10.6. The van der Waals surface area contributed by atoms with Crippen LogP contribution in [-0.4, -0.2) is 22.1 Å². The van der Waals surface area contributed by atoms with Gasteiger partial charge in [-0.1, -0.05) is 42.5 Å². The number of benzene rings is 4. The van der Waals surface area contributed by atoms with Gasteiger partial charge in [-0.3, -0.25) is 4.79 Å². The van der Waals surface area contributed by atoms with Crippen molar-refractivity contribution in [3.63, 3.8) is 0 Å². The molecule has 35 heavy (non-hydrogen) atoms. The van der Waals surface area contributed by atoms with Gasteiger partial charge in [-0.25, -0.2) is 4.79 Å². The number of phenolic OH excluding ortho intramolecular Hbond substituents is 1. The molecular formula is C27H20F3NO4. The Bertz CT molecular complexity index is 1400. The lowest BCUT2D eigenvalue weighted by molar-refractivity contribution is -0.137. The number of hydrogen-bond acceptors (Lipinski definition) is 3. The van der Waals surface area contributed by atoms with Crippen molar-refractivity contribution in [1.29, 1.82) is 0 Å². The molecule has 3 N–H and O–H groups in total. The number of carbonyl (C=O) groups excluding carboxylic acids is 1. The number of phenols is 1. The van der Waals surface area contributed by atoms with Crippen LogP contribution in [0.4, 0.5) is 13.2 Å². The Balaban J connectivity index is 1.50. The fourth-order valence-corrected chi connectivity index (χ4v) is 3.71. The Labute approximate surface area is 198 Å². The van der Waals surface area contributed by atoms with Crippen LogP contribution in [0.2, 0.25) is 0 Å². The molecule has 5 nitrogen and oxygen atoms in total. The number of carboxylic acid groups (broad SMARTS) is 1. The number of carbonyl (C=O) groups is 2. The zero-order valence-corrected chi connectivity index (χ0v) is 18.3. The van der Waals surface area contributed by atoms with E-state index in [0.717, 1.165) is 23.1 Å². The van der Waals surface area contributed by atoms with Gasteiger partial charge in [0, 0.05) is 23.9 Å². The third-order valence-electron chi connectivity index (χ3n) is 5.67. The highest BCUT2D eigenvalue weighted by Crippen LogP contribution is 2.32. The highest BCUT2D eigenvalue weighted by atomic mass is 19.4. The third-order valence-corrected chi connectivity index (χ3v) is 5.67. The first-order valence-corrected chi connectivity index (χ1v) is 10.6. The number of nitrogens with one attached hydrogen (secondary N) is 1. The van der Waals surface area contributed by atoms with E-state index in [-0.39, 0.29) is 17.9 Å². The molecule has 0 unspecified atom stereocenters. The number of halogens is 3. The molecule has 0 atom stereocenters. The SMILES string of the molecule is O=C(O)c1ccc(Cc2ccc3ccc(C(=O)NCc4ccc(C(F)(F)F)cc4)cc3c2O)cc1. The number of rotatable bonds is 6. The smallest absolute Gasteiger partial charge is 0.416 e. The molecule has 0 aliphatic heterocycles. The lowest BCUT2D eigenvalue weighted by atomic mass is 9.98. The molecule has 0 bridgehead atoms. The van der Waals surface area contributed by atoms with Crippen LogP contribution in [0.15, 0.2) is 78.9 Å². The second-order valence-corrected chi connectivity index (χ2v) is 8.07. The van der Waals surface area contributed by atoms with Crippen LogP contribution in [0.5, 0.6) is 5.75 Å². The predicted octanol–water partition coefficient (Wildman–Crippen LogP) is 5.78. The topological polar surface area (TPSA) is 86.6 Å². The fraction of sp³-hybridized carbons (Fsp3) is 0.111. The van der Waals surface area contributed by atoms with E-state index in [2.05, 4.69) is 5.32 Å². The average Bonchev–Trinajstić information content (AvgIpc) is 2.84. The van der Waals surface area contributed by atoms with Gasteiger partial charge in [-0.05, 0) is 58.5 Å². The molecule has 8 heteroatoms. The van der Waals surface area contributed by atoms with E-state index in [9.17, 15) is 27.9 Å². The molecular weight excluding hydrogens is 459 g/mol. The van der Waals surface area contributed by atoms with E-state index in [4.69, 9.17) is 5.11 Å². The van der Waals surface area contributed by atoms with Crippen LogP contribution < -0.4 is 5.32 Å². The number of hydrogen-bond donors (Lipinski definition) is 3. The molecule has 0 aromatic heterocycles. The summed E-state index contributed by atoms with van der Waals surface area (Å²) in [6, 6.07) is 19.4. The molecule has 4 aromatic carbocycles. The van der Waals surface area contributed by atoms with Crippen molar-refractivity contribution in [1.82, 2.24) is 5.32 Å². The first kappa shape index (κ1) is 23.8. The van der Waals surface area contributed by atoms with Crippen molar-refractivity contribution in [3.05, 3.63) is 112 Å². The molecule has 0 saturated heterocycles. The molecule has 0 aliphatic rings. The number of amides is 1. The molecule has 4 rings (SSSR count). The van der Waals surface area contributed by atoms with Gasteiger partial charge in [0.25, 0.3) is 5.91 Å². The van der Waals surface area contributed by atoms with Crippen molar-refractivity contribution in [2.45, 2.75) is 19.1 Å². The fourth-order valence-electron chi connectivity index (χ4n) is 3.71. The second-order valence-electron chi connectivity index (χ2n) is 8.07. The maximum atomic E-state index is 12.7. The van der Waals surface area contributed by atoms with E-state index in [0.29, 0.717) is 28.5 Å². The van der Waals surface area contributed by atoms with Crippen molar-refractivity contribution < 1.29 is 33.0 Å². The van der Waals surface area contributed by atoms with Crippen LogP contribution >= 0.6 is 0 Å². The summed E-state index contributed by atoms with van der Waals surface area (Å²) < 4.78 is 38.1. The molecule has 0 fully saturated rings. The Morgan fingerprint density at radius 3 is 2.03 bits per heavy atom. The predicted molar refractivity (Wildman–Crippen MR) is 124 cm³/mol. The standard InChI is InChI=1S/C27H20F3NO4/c28-27(29,30)22-11-3-17(4-12-22)15-31-25(33)21-10-8-18-7-9-20(24(32)23(18)14-21)13-16-1-5-19(6-2-16)26(34)35/h1-12,14,32H,13,15H2,(H,31,33)(H,34,35). The summed E-state index contributed by atoms with van der Waals surface area (Å²) in [6.45, 7) is 0.0490. The van der Waals surface area contributed by atoms with E-state index >= 15 is 0 Å². The quantitative estimate of drug-likeness (QED) is 0.327. The molecule has 1 amide bonds. The highest BCUT2D eigenvalue weighted by Gasteiger charge is 2.29. The minimum atomic E-state index is -4.42. The van der Waals surface area contributed by atoms with E-state index in [1.54, 1.807) is 36.4 Å². The number of fused-ring (bicyclic) bond motifs is 1. The first-order chi connectivity index (χ1) is 16.6. The van der Waals surface area contributed by atoms with Crippen LogP contribution in [0.3, 0.4) is 0 Å². The Hall–Kier alpha value is -4.33. The van der Waals surface area contributed by atoms with Gasteiger partial charge in [0.2, 0.25) is 0 Å². The molecule has 0 spiro atoms. The number of aromatic carboxylic acids is 1. The molecule has 0 heterocycles. The Morgan fingerprint density at radius 2 is 1.40 bits per heavy atom. The van der Waals surface area contributed by atoms with E-state index in [1.807, 2.05) is 6.07 Å². The van der Waals surface area contributed by atoms with E-state index < -0.39 is 23.6 Å². The van der Waals surface area contributed by atoms with Crippen molar-refractivity contribution in [2.75, 3.05) is 0 Å². The Morgan fingerprint density at radius 1 is 0.800 bits per heavy atom. The van der Waals surface area contributed by atoms with Crippen molar-refractivity contribution in [3.8, 4) is 5.75 Å². The lowest BCUT2D eigenvalue weighted by Crippen LogP contribution is -2.22. The second kappa shape index (κ2) is 9.50. The van der Waals surface area contributed by atoms with Gasteiger partial charge in [0.05, 0.1) is 11.1 Å². The molecule has 0 saturated carbocycles. The largest absolute Gasteiger partial charge is 0.507 e. The van der Waals surface area contributed by atoms with Crippen LogP contribution in [0.25, 0.3) is 10.8 Å². The number of aromatic hydroxyl groups is 1. The zero-order chi connectivity index (χ0) is 25.2. The summed E-state index contributed by atoms with van der Waals surface area (Å²) in [5.41, 5.74) is 1.65. The monoisotopic (exact) mass is 479 g/mol. The minimum Gasteiger partial charge on any atom is -0.507 e. The van der Waals surface area contributed by atoms with Gasteiger partial charge in [-0.15, -0.1) is 0 Å². The molecule has 178 valence electrons. The lowest BCUT2D eigenvalue weighted by Gasteiger charge is -2.11. The summed E-state index contributed by atoms with van der Waals surface area (Å²) in [7, 11) is 0. The summed E-state index contributed by atoms with van der Waals surface area (Å²) in [4.78, 5) is 23.7.